The van der Waals surface area contributed by atoms with E-state index in [2.05, 4.69) is 15.0 Å². The van der Waals surface area contributed by atoms with Gasteiger partial charge in [0.1, 0.15) is 11.3 Å². The van der Waals surface area contributed by atoms with Gasteiger partial charge in [-0.05, 0) is 48.0 Å². The third kappa shape index (κ3) is 2.15. The average Bonchev–Trinajstić information content (AvgIpc) is 2.91. The number of rotatable bonds is 3. The third-order valence-electron chi connectivity index (χ3n) is 2.87. The first-order valence-corrected chi connectivity index (χ1v) is 5.90. The summed E-state index contributed by atoms with van der Waals surface area (Å²) in [7, 11) is 1.62. The van der Waals surface area contributed by atoms with Crippen molar-refractivity contribution in [1.82, 2.24) is 4.98 Å². The molecule has 6 heteroatoms. The van der Waals surface area contributed by atoms with E-state index in [9.17, 15) is 0 Å². The highest BCUT2D eigenvalue weighted by Gasteiger charge is 2.08. The van der Waals surface area contributed by atoms with E-state index >= 15 is 0 Å². The lowest BCUT2D eigenvalue weighted by Gasteiger charge is -1.99. The minimum Gasteiger partial charge on any atom is -0.497 e. The number of aromatic nitrogens is 1. The lowest BCUT2D eigenvalue weighted by molar-refractivity contribution is 0.415. The summed E-state index contributed by atoms with van der Waals surface area (Å²) in [6, 6.07) is 12.5. The standard InChI is InChI=1S/C14H10N4O2/c1-19-11-5-2-9(3-6-11)14-16-12-8-10(17-18-15)4-7-13(12)20-14/h2-8H,1H3. The molecule has 0 atom stereocenters. The average molecular weight is 266 g/mol. The largest absolute Gasteiger partial charge is 0.497 e. The molecule has 1 aromatic heterocycles. The molecule has 0 aliphatic heterocycles. The van der Waals surface area contributed by atoms with Crippen LogP contribution in [0.4, 0.5) is 5.69 Å². The predicted octanol–water partition coefficient (Wildman–Crippen LogP) is 4.45. The van der Waals surface area contributed by atoms with E-state index in [-0.39, 0.29) is 0 Å². The van der Waals surface area contributed by atoms with E-state index in [0.717, 1.165) is 11.3 Å². The molecule has 0 N–H and O–H groups in total. The van der Waals surface area contributed by atoms with Crippen molar-refractivity contribution < 1.29 is 9.15 Å². The number of nitrogens with zero attached hydrogens (tertiary/aromatic N) is 4. The summed E-state index contributed by atoms with van der Waals surface area (Å²) < 4.78 is 10.8. The van der Waals surface area contributed by atoms with Crippen LogP contribution in [0.5, 0.6) is 5.75 Å². The summed E-state index contributed by atoms with van der Waals surface area (Å²) in [5, 5.41) is 3.54. The van der Waals surface area contributed by atoms with Gasteiger partial charge in [-0.25, -0.2) is 4.98 Å². The first-order valence-electron chi connectivity index (χ1n) is 5.90. The fourth-order valence-electron chi connectivity index (χ4n) is 1.89. The van der Waals surface area contributed by atoms with Gasteiger partial charge in [-0.15, -0.1) is 0 Å². The van der Waals surface area contributed by atoms with Gasteiger partial charge < -0.3 is 9.15 Å². The summed E-state index contributed by atoms with van der Waals surface area (Å²) in [6.45, 7) is 0. The van der Waals surface area contributed by atoms with Crippen LogP contribution < -0.4 is 4.74 Å². The number of methoxy groups -OCH3 is 1. The Kier molecular flexibility index (Phi) is 2.99. The van der Waals surface area contributed by atoms with Crippen LogP contribution in [-0.4, -0.2) is 12.1 Å². The molecule has 3 rings (SSSR count). The molecule has 2 aromatic carbocycles. The van der Waals surface area contributed by atoms with Crippen LogP contribution >= 0.6 is 0 Å². The highest BCUT2D eigenvalue weighted by molar-refractivity contribution is 5.79. The maximum absolute atomic E-state index is 8.43. The number of hydrogen-bond donors (Lipinski definition) is 0. The normalized spacial score (nSPS) is 10.2. The minimum absolute atomic E-state index is 0.509. The summed E-state index contributed by atoms with van der Waals surface area (Å²) in [5.41, 5.74) is 11.1. The topological polar surface area (TPSA) is 84.0 Å². The zero-order valence-corrected chi connectivity index (χ0v) is 10.6. The molecule has 0 saturated heterocycles. The second-order valence-corrected chi connectivity index (χ2v) is 4.09. The summed E-state index contributed by atoms with van der Waals surface area (Å²) in [6.07, 6.45) is 0. The molecule has 20 heavy (non-hydrogen) atoms. The maximum atomic E-state index is 8.43. The second-order valence-electron chi connectivity index (χ2n) is 4.09. The molecular formula is C14H10N4O2. The monoisotopic (exact) mass is 266 g/mol. The number of fused-ring (bicyclic) bond motifs is 1. The fraction of sp³-hybridized carbons (Fsp3) is 0.0714. The van der Waals surface area contributed by atoms with Crippen molar-refractivity contribution >= 4 is 16.8 Å². The van der Waals surface area contributed by atoms with E-state index in [1.165, 1.54) is 0 Å². The molecule has 98 valence electrons. The van der Waals surface area contributed by atoms with Crippen LogP contribution in [0.25, 0.3) is 33.0 Å². The van der Waals surface area contributed by atoms with E-state index in [1.54, 1.807) is 25.3 Å². The molecule has 0 bridgehead atoms. The van der Waals surface area contributed by atoms with E-state index in [4.69, 9.17) is 14.7 Å². The van der Waals surface area contributed by atoms with Gasteiger partial charge in [0.05, 0.1) is 7.11 Å². The predicted molar refractivity (Wildman–Crippen MR) is 74.8 cm³/mol. The Balaban J connectivity index is 2.05. The highest BCUT2D eigenvalue weighted by Crippen LogP contribution is 2.28. The van der Waals surface area contributed by atoms with Crippen molar-refractivity contribution in [3.63, 3.8) is 0 Å². The number of azide groups is 1. The smallest absolute Gasteiger partial charge is 0.227 e. The Morgan fingerprint density at radius 3 is 2.70 bits per heavy atom. The molecular weight excluding hydrogens is 256 g/mol. The first-order chi connectivity index (χ1) is 9.80. The minimum atomic E-state index is 0.509. The van der Waals surface area contributed by atoms with E-state index < -0.39 is 0 Å². The molecule has 1 heterocycles. The molecule has 0 fully saturated rings. The SMILES string of the molecule is COc1ccc(-c2nc3cc(N=[N+]=[N-])ccc3o2)cc1. The molecule has 0 spiro atoms. The van der Waals surface area contributed by atoms with Gasteiger partial charge in [0.25, 0.3) is 0 Å². The van der Waals surface area contributed by atoms with Crippen molar-refractivity contribution in [2.24, 2.45) is 5.11 Å². The Hall–Kier alpha value is -2.98. The van der Waals surface area contributed by atoms with Crippen molar-refractivity contribution in [1.29, 1.82) is 0 Å². The third-order valence-corrected chi connectivity index (χ3v) is 2.87. The van der Waals surface area contributed by atoms with Gasteiger partial charge in [-0.1, -0.05) is 5.11 Å². The summed E-state index contributed by atoms with van der Waals surface area (Å²) >= 11 is 0. The van der Waals surface area contributed by atoms with Gasteiger partial charge >= 0.3 is 0 Å². The van der Waals surface area contributed by atoms with Gasteiger partial charge in [-0.2, -0.15) is 0 Å². The van der Waals surface area contributed by atoms with Crippen LogP contribution in [0.3, 0.4) is 0 Å². The van der Waals surface area contributed by atoms with Gasteiger partial charge in [0.2, 0.25) is 5.89 Å². The van der Waals surface area contributed by atoms with Gasteiger partial charge in [-0.3, -0.25) is 0 Å². The number of oxazole rings is 1. The zero-order chi connectivity index (χ0) is 13.9. The number of hydrogen-bond acceptors (Lipinski definition) is 4. The molecule has 6 nitrogen and oxygen atoms in total. The Morgan fingerprint density at radius 1 is 1.20 bits per heavy atom. The first kappa shape index (κ1) is 12.1. The van der Waals surface area contributed by atoms with Gasteiger partial charge in [0.15, 0.2) is 5.58 Å². The molecule has 3 aromatic rings. The van der Waals surface area contributed by atoms with E-state index in [1.807, 2.05) is 24.3 Å². The van der Waals surface area contributed by atoms with Crippen molar-refractivity contribution in [3.8, 4) is 17.2 Å². The summed E-state index contributed by atoms with van der Waals surface area (Å²) in [5.74, 6) is 1.29. The highest BCUT2D eigenvalue weighted by atomic mass is 16.5. The fourth-order valence-corrected chi connectivity index (χ4v) is 1.89. The zero-order valence-electron chi connectivity index (χ0n) is 10.6. The molecule has 0 radical (unpaired) electrons. The lowest BCUT2D eigenvalue weighted by Crippen LogP contribution is -1.82. The summed E-state index contributed by atoms with van der Waals surface area (Å²) in [4.78, 5) is 7.14. The lowest BCUT2D eigenvalue weighted by atomic mass is 10.2. The number of benzene rings is 2. The molecule has 0 aliphatic carbocycles. The quantitative estimate of drug-likeness (QED) is 0.399. The Labute approximate surface area is 114 Å². The van der Waals surface area contributed by atoms with Gasteiger partial charge in [0, 0.05) is 16.2 Å². The molecule has 0 saturated carbocycles. The van der Waals surface area contributed by atoms with Crippen molar-refractivity contribution in [3.05, 3.63) is 52.9 Å². The van der Waals surface area contributed by atoms with Crippen LogP contribution in [-0.2, 0) is 0 Å². The maximum Gasteiger partial charge on any atom is 0.227 e. The van der Waals surface area contributed by atoms with Crippen LogP contribution in [0, 0.1) is 0 Å². The van der Waals surface area contributed by atoms with Crippen molar-refractivity contribution in [2.45, 2.75) is 0 Å². The van der Waals surface area contributed by atoms with Crippen molar-refractivity contribution in [2.75, 3.05) is 7.11 Å². The second kappa shape index (κ2) is 4.95. The van der Waals surface area contributed by atoms with Crippen LogP contribution in [0.2, 0.25) is 0 Å². The van der Waals surface area contributed by atoms with E-state index in [0.29, 0.717) is 22.7 Å². The number of ether oxygens (including phenoxy) is 1. The van der Waals surface area contributed by atoms with Crippen LogP contribution in [0.1, 0.15) is 0 Å². The Morgan fingerprint density at radius 2 is 2.00 bits per heavy atom. The Bertz CT molecular complexity index is 802. The molecule has 0 amide bonds. The van der Waals surface area contributed by atoms with Crippen LogP contribution in [0.15, 0.2) is 52.0 Å². The molecule has 0 unspecified atom stereocenters. The molecule has 0 aliphatic rings.